The fraction of sp³-hybridized carbons (Fsp3) is 0.333. The Morgan fingerprint density at radius 3 is 2.59 bits per heavy atom. The van der Waals surface area contributed by atoms with Crippen LogP contribution in [0.3, 0.4) is 0 Å². The Morgan fingerprint density at radius 2 is 1.79 bits per heavy atom. The number of rotatable bonds is 5. The molecule has 2 amide bonds. The Kier molecular flexibility index (Phi) is 5.38. The maximum atomic E-state index is 12.9. The van der Waals surface area contributed by atoms with Crippen LogP contribution in [0.2, 0.25) is 0 Å². The standard InChI is InChI=1S/C24H27N3O2/c1-3-27(4-2)24(29)17-8-7-9-18(14-17)25-23(28)16-12-13-22-20(15-16)19-10-5-6-11-21(19)26-22/h7-9,12-15,26H,3-6,10-11H2,1-2H3,(H,25,28). The molecule has 5 nitrogen and oxygen atoms in total. The minimum Gasteiger partial charge on any atom is -0.358 e. The van der Waals surface area contributed by atoms with Crippen LogP contribution >= 0.6 is 0 Å². The molecule has 3 aromatic rings. The van der Waals surface area contributed by atoms with Crippen LogP contribution in [0, 0.1) is 0 Å². The lowest BCUT2D eigenvalue weighted by Gasteiger charge is -2.19. The van der Waals surface area contributed by atoms with E-state index in [0.29, 0.717) is 29.9 Å². The molecule has 2 aromatic carbocycles. The second kappa shape index (κ2) is 8.11. The Hall–Kier alpha value is -3.08. The highest BCUT2D eigenvalue weighted by molar-refractivity contribution is 6.07. The minimum atomic E-state index is -0.162. The number of aromatic nitrogens is 1. The number of aryl methyl sites for hydroxylation is 2. The lowest BCUT2D eigenvalue weighted by atomic mass is 9.95. The maximum Gasteiger partial charge on any atom is 0.255 e. The molecule has 1 aromatic heterocycles. The molecule has 0 fully saturated rings. The first-order chi connectivity index (χ1) is 14.1. The van der Waals surface area contributed by atoms with Crippen LogP contribution in [-0.4, -0.2) is 34.8 Å². The summed E-state index contributed by atoms with van der Waals surface area (Å²) in [7, 11) is 0. The third kappa shape index (κ3) is 3.77. The summed E-state index contributed by atoms with van der Waals surface area (Å²) in [6, 6.07) is 13.0. The van der Waals surface area contributed by atoms with E-state index in [1.54, 1.807) is 23.1 Å². The summed E-state index contributed by atoms with van der Waals surface area (Å²) >= 11 is 0. The number of benzene rings is 2. The van der Waals surface area contributed by atoms with Gasteiger partial charge in [0.15, 0.2) is 0 Å². The zero-order chi connectivity index (χ0) is 20.4. The number of nitrogens with zero attached hydrogens (tertiary/aromatic N) is 1. The van der Waals surface area contributed by atoms with Gasteiger partial charge in [-0.2, -0.15) is 0 Å². The van der Waals surface area contributed by atoms with Crippen molar-refractivity contribution in [3.05, 3.63) is 64.8 Å². The fourth-order valence-electron chi connectivity index (χ4n) is 4.17. The topological polar surface area (TPSA) is 65.2 Å². The van der Waals surface area contributed by atoms with Crippen LogP contribution in [0.15, 0.2) is 42.5 Å². The molecule has 29 heavy (non-hydrogen) atoms. The summed E-state index contributed by atoms with van der Waals surface area (Å²) in [5.41, 5.74) is 5.61. The van der Waals surface area contributed by atoms with Gasteiger partial charge >= 0.3 is 0 Å². The number of fused-ring (bicyclic) bond motifs is 3. The lowest BCUT2D eigenvalue weighted by molar-refractivity contribution is 0.0772. The molecule has 5 heteroatoms. The van der Waals surface area contributed by atoms with Crippen molar-refractivity contribution in [2.75, 3.05) is 18.4 Å². The van der Waals surface area contributed by atoms with Crippen molar-refractivity contribution in [2.45, 2.75) is 39.5 Å². The van der Waals surface area contributed by atoms with Gasteiger partial charge in [-0.1, -0.05) is 6.07 Å². The number of amides is 2. The van der Waals surface area contributed by atoms with E-state index in [2.05, 4.69) is 10.3 Å². The summed E-state index contributed by atoms with van der Waals surface area (Å²) in [6.07, 6.45) is 4.56. The molecule has 150 valence electrons. The lowest BCUT2D eigenvalue weighted by Crippen LogP contribution is -2.30. The highest BCUT2D eigenvalue weighted by atomic mass is 16.2. The molecule has 1 heterocycles. The summed E-state index contributed by atoms with van der Waals surface area (Å²) in [5.74, 6) is -0.184. The number of carbonyl (C=O) groups is 2. The van der Waals surface area contributed by atoms with Crippen LogP contribution in [0.4, 0.5) is 5.69 Å². The summed E-state index contributed by atoms with van der Waals surface area (Å²) in [4.78, 5) is 30.7. The molecule has 1 aliphatic rings. The molecule has 0 saturated carbocycles. The molecular formula is C24H27N3O2. The summed E-state index contributed by atoms with van der Waals surface area (Å²) in [5, 5.41) is 4.10. The van der Waals surface area contributed by atoms with Crippen molar-refractivity contribution in [3.63, 3.8) is 0 Å². The number of hydrogen-bond acceptors (Lipinski definition) is 2. The molecule has 0 atom stereocenters. The quantitative estimate of drug-likeness (QED) is 0.659. The van der Waals surface area contributed by atoms with Crippen molar-refractivity contribution in [1.82, 2.24) is 9.88 Å². The van der Waals surface area contributed by atoms with E-state index < -0.39 is 0 Å². The number of aromatic amines is 1. The summed E-state index contributed by atoms with van der Waals surface area (Å²) in [6.45, 7) is 5.24. The van der Waals surface area contributed by atoms with Crippen molar-refractivity contribution in [1.29, 1.82) is 0 Å². The Morgan fingerprint density at radius 1 is 1.00 bits per heavy atom. The van der Waals surface area contributed by atoms with Gasteiger partial charge in [0.05, 0.1) is 0 Å². The monoisotopic (exact) mass is 389 g/mol. The van der Waals surface area contributed by atoms with Crippen LogP contribution in [0.5, 0.6) is 0 Å². The largest absolute Gasteiger partial charge is 0.358 e. The number of anilines is 1. The van der Waals surface area contributed by atoms with E-state index in [4.69, 9.17) is 0 Å². The van der Waals surface area contributed by atoms with Crippen molar-refractivity contribution >= 4 is 28.4 Å². The van der Waals surface area contributed by atoms with Crippen LogP contribution < -0.4 is 5.32 Å². The van der Waals surface area contributed by atoms with Crippen LogP contribution in [0.25, 0.3) is 10.9 Å². The number of H-pyrrole nitrogens is 1. The zero-order valence-corrected chi connectivity index (χ0v) is 17.0. The van der Waals surface area contributed by atoms with Crippen LogP contribution in [-0.2, 0) is 12.8 Å². The SMILES string of the molecule is CCN(CC)C(=O)c1cccc(NC(=O)c2ccc3[nH]c4c(c3c2)CCCC4)c1. The van der Waals surface area contributed by atoms with Gasteiger partial charge < -0.3 is 15.2 Å². The summed E-state index contributed by atoms with van der Waals surface area (Å²) < 4.78 is 0. The molecule has 0 saturated heterocycles. The van der Waals surface area contributed by atoms with Gasteiger partial charge in [0.25, 0.3) is 11.8 Å². The average molecular weight is 389 g/mol. The number of nitrogens with one attached hydrogen (secondary N) is 2. The Bertz CT molecular complexity index is 1060. The first kappa shape index (κ1) is 19.2. The third-order valence-corrected chi connectivity index (χ3v) is 5.78. The smallest absolute Gasteiger partial charge is 0.255 e. The molecule has 2 N–H and O–H groups in total. The van der Waals surface area contributed by atoms with E-state index in [1.807, 2.05) is 38.1 Å². The number of carbonyl (C=O) groups excluding carboxylic acids is 2. The van der Waals surface area contributed by atoms with Crippen molar-refractivity contribution in [2.24, 2.45) is 0 Å². The average Bonchev–Trinajstić information content (AvgIpc) is 3.12. The maximum absolute atomic E-state index is 12.9. The first-order valence-corrected chi connectivity index (χ1v) is 10.4. The van der Waals surface area contributed by atoms with E-state index in [1.165, 1.54) is 24.1 Å². The van der Waals surface area contributed by atoms with E-state index in [-0.39, 0.29) is 11.8 Å². The first-order valence-electron chi connectivity index (χ1n) is 10.4. The van der Waals surface area contributed by atoms with Gasteiger partial charge in [-0.15, -0.1) is 0 Å². The predicted octanol–water partition coefficient (Wildman–Crippen LogP) is 4.78. The molecule has 0 bridgehead atoms. The second-order valence-corrected chi connectivity index (χ2v) is 7.56. The highest BCUT2D eigenvalue weighted by Crippen LogP contribution is 2.30. The fourth-order valence-corrected chi connectivity index (χ4v) is 4.17. The van der Waals surface area contributed by atoms with E-state index >= 15 is 0 Å². The van der Waals surface area contributed by atoms with Gasteiger partial charge in [0.1, 0.15) is 0 Å². The molecule has 0 spiro atoms. The number of hydrogen-bond donors (Lipinski definition) is 2. The molecular weight excluding hydrogens is 362 g/mol. The van der Waals surface area contributed by atoms with E-state index in [9.17, 15) is 9.59 Å². The van der Waals surface area contributed by atoms with Gasteiger partial charge in [0, 0.05) is 46.5 Å². The van der Waals surface area contributed by atoms with Crippen molar-refractivity contribution in [3.8, 4) is 0 Å². The normalized spacial score (nSPS) is 13.2. The molecule has 4 rings (SSSR count). The third-order valence-electron chi connectivity index (χ3n) is 5.78. The van der Waals surface area contributed by atoms with Gasteiger partial charge in [-0.05, 0) is 81.5 Å². The van der Waals surface area contributed by atoms with Crippen LogP contribution in [0.1, 0.15) is 58.7 Å². The van der Waals surface area contributed by atoms with E-state index in [0.717, 1.165) is 23.7 Å². The Balaban J connectivity index is 1.56. The molecule has 1 aliphatic carbocycles. The van der Waals surface area contributed by atoms with Gasteiger partial charge in [0.2, 0.25) is 0 Å². The zero-order valence-electron chi connectivity index (χ0n) is 17.0. The second-order valence-electron chi connectivity index (χ2n) is 7.56. The Labute approximate surface area is 171 Å². The molecule has 0 aliphatic heterocycles. The predicted molar refractivity (Wildman–Crippen MR) is 117 cm³/mol. The van der Waals surface area contributed by atoms with Crippen molar-refractivity contribution < 1.29 is 9.59 Å². The molecule has 0 unspecified atom stereocenters. The van der Waals surface area contributed by atoms with Gasteiger partial charge in [-0.25, -0.2) is 0 Å². The van der Waals surface area contributed by atoms with Gasteiger partial charge in [-0.3, -0.25) is 9.59 Å². The highest BCUT2D eigenvalue weighted by Gasteiger charge is 2.17. The minimum absolute atomic E-state index is 0.0218. The molecule has 0 radical (unpaired) electrons.